The summed E-state index contributed by atoms with van der Waals surface area (Å²) in [5.74, 6) is 0. The Bertz CT molecular complexity index is 4220. The van der Waals surface area contributed by atoms with Gasteiger partial charge in [-0.1, -0.05) is 152 Å². The monoisotopic (exact) mass is 825 g/mol. The van der Waals surface area contributed by atoms with Crippen LogP contribution in [0.1, 0.15) is 23.6 Å². The number of rotatable bonds is 4. The second-order valence-corrected chi connectivity index (χ2v) is 18.1. The number of fused-ring (bicyclic) bond motifs is 7. The van der Waals surface area contributed by atoms with Crippen molar-refractivity contribution in [3.05, 3.63) is 223 Å². The van der Waals surface area contributed by atoms with Crippen molar-refractivity contribution in [1.29, 1.82) is 0 Å². The third-order valence-corrected chi connectivity index (χ3v) is 14.6. The molecule has 0 spiro atoms. The lowest BCUT2D eigenvalue weighted by Crippen LogP contribution is -2.18. The van der Waals surface area contributed by atoms with E-state index in [1.54, 1.807) is 0 Å². The van der Waals surface area contributed by atoms with Gasteiger partial charge in [0.15, 0.2) is 0 Å². The van der Waals surface area contributed by atoms with Crippen molar-refractivity contribution in [3.63, 3.8) is 0 Å². The van der Waals surface area contributed by atoms with Crippen LogP contribution in [0.3, 0.4) is 0 Å². The Morgan fingerprint density at radius 2 is 0.908 bits per heavy atom. The molecule has 0 saturated carbocycles. The molecule has 0 bridgehead atoms. The standard InChI is InChI=1S/C62H39N3/c1-2-14-47(15-3-1)65-54-18-6-4-16-49(54)50-29-31-56-61(62(50)65)51-17-5-7-19-55(51)64(56)48-28-30-52(45-32-41-24-20-37-10-8-11-38-21-25-42(33-45)59(41)57(37)38)63-53(36-48)46-34-43-26-22-39-12-9-13-40-23-27-44(35-46)60(43)58(39)40/h1-27,29-36,53,63H,28H2. The van der Waals surface area contributed by atoms with E-state index in [0.717, 1.165) is 17.8 Å². The van der Waals surface area contributed by atoms with Gasteiger partial charge in [0.05, 0.1) is 28.1 Å². The number of aromatic nitrogens is 2. The van der Waals surface area contributed by atoms with E-state index in [-0.39, 0.29) is 6.04 Å². The minimum absolute atomic E-state index is 0.123. The van der Waals surface area contributed by atoms with Crippen LogP contribution in [-0.4, -0.2) is 9.13 Å². The van der Waals surface area contributed by atoms with Gasteiger partial charge in [-0.15, -0.1) is 0 Å². The molecule has 15 rings (SSSR count). The van der Waals surface area contributed by atoms with Crippen LogP contribution < -0.4 is 5.32 Å². The SMILES string of the molecule is C1=C(c2cc3ccc4cccc5ccc(c2)c3c45)NC(c2cc3ccc4cccc5ccc(c2)c3c45)C=C(n2c3ccccc3c3c2ccc2c4ccccc4n(-c4ccccc4)c23)C1. The first-order chi connectivity index (χ1) is 32.2. The van der Waals surface area contributed by atoms with Crippen molar-refractivity contribution >= 4 is 120 Å². The molecule has 302 valence electrons. The highest BCUT2D eigenvalue weighted by Gasteiger charge is 2.25. The predicted octanol–water partition coefficient (Wildman–Crippen LogP) is 16.3. The predicted molar refractivity (Wildman–Crippen MR) is 277 cm³/mol. The lowest BCUT2D eigenvalue weighted by atomic mass is 9.91. The summed E-state index contributed by atoms with van der Waals surface area (Å²) in [5.41, 5.74) is 10.9. The fraction of sp³-hybridized carbons (Fsp3) is 0.0323. The molecule has 14 aromatic rings. The summed E-state index contributed by atoms with van der Waals surface area (Å²) in [6.07, 6.45) is 5.68. The van der Waals surface area contributed by atoms with Crippen molar-refractivity contribution in [3.8, 4) is 5.69 Å². The van der Waals surface area contributed by atoms with Crippen LogP contribution in [0.15, 0.2) is 212 Å². The Hall–Kier alpha value is -8.40. The summed E-state index contributed by atoms with van der Waals surface area (Å²) in [4.78, 5) is 0. The number of hydrogen-bond donors (Lipinski definition) is 1. The average Bonchev–Trinajstić information content (AvgIpc) is 3.78. The van der Waals surface area contributed by atoms with Crippen LogP contribution in [0.4, 0.5) is 0 Å². The summed E-state index contributed by atoms with van der Waals surface area (Å²) in [6.45, 7) is 0. The molecule has 3 heterocycles. The highest BCUT2D eigenvalue weighted by molar-refractivity contribution is 6.27. The summed E-state index contributed by atoms with van der Waals surface area (Å²) in [6, 6.07) is 74.6. The van der Waals surface area contributed by atoms with Gasteiger partial charge in [-0.05, 0) is 136 Å². The quantitative estimate of drug-likeness (QED) is 0.175. The number of allylic oxidation sites excluding steroid dienone is 2. The summed E-state index contributed by atoms with van der Waals surface area (Å²) < 4.78 is 5.03. The van der Waals surface area contributed by atoms with E-state index < -0.39 is 0 Å². The van der Waals surface area contributed by atoms with Crippen molar-refractivity contribution in [2.45, 2.75) is 12.5 Å². The summed E-state index contributed by atoms with van der Waals surface area (Å²) in [5, 5.41) is 24.8. The molecule has 0 amide bonds. The van der Waals surface area contributed by atoms with Gasteiger partial charge in [0, 0.05) is 45.0 Å². The zero-order valence-corrected chi connectivity index (χ0v) is 35.4. The van der Waals surface area contributed by atoms with E-state index in [2.05, 4.69) is 227 Å². The van der Waals surface area contributed by atoms with Gasteiger partial charge >= 0.3 is 0 Å². The normalized spacial score (nSPS) is 14.9. The van der Waals surface area contributed by atoms with E-state index in [1.165, 1.54) is 125 Å². The fourth-order valence-corrected chi connectivity index (χ4v) is 11.8. The van der Waals surface area contributed by atoms with E-state index in [0.29, 0.717) is 0 Å². The Balaban J connectivity index is 0.989. The largest absolute Gasteiger partial charge is 0.374 e. The number of hydrogen-bond acceptors (Lipinski definition) is 1. The van der Waals surface area contributed by atoms with E-state index in [9.17, 15) is 0 Å². The Morgan fingerprint density at radius 1 is 0.385 bits per heavy atom. The van der Waals surface area contributed by atoms with E-state index in [4.69, 9.17) is 0 Å². The highest BCUT2D eigenvalue weighted by Crippen LogP contribution is 2.45. The maximum Gasteiger partial charge on any atom is 0.0718 e. The van der Waals surface area contributed by atoms with Crippen LogP contribution in [0.2, 0.25) is 0 Å². The van der Waals surface area contributed by atoms with Crippen molar-refractivity contribution < 1.29 is 0 Å². The highest BCUT2D eigenvalue weighted by atomic mass is 15.0. The first-order valence-electron chi connectivity index (χ1n) is 22.8. The second kappa shape index (κ2) is 13.1. The van der Waals surface area contributed by atoms with Crippen molar-refractivity contribution in [1.82, 2.24) is 14.5 Å². The molecule has 1 atom stereocenters. The summed E-state index contributed by atoms with van der Waals surface area (Å²) >= 11 is 0. The molecule has 1 unspecified atom stereocenters. The zero-order valence-electron chi connectivity index (χ0n) is 35.4. The lowest BCUT2D eigenvalue weighted by Gasteiger charge is -2.22. The Kier molecular flexibility index (Phi) is 7.06. The first-order valence-corrected chi connectivity index (χ1v) is 22.8. The van der Waals surface area contributed by atoms with Gasteiger partial charge in [0.2, 0.25) is 0 Å². The second-order valence-electron chi connectivity index (χ2n) is 18.1. The number of nitrogens with zero attached hydrogens (tertiary/aromatic N) is 2. The Labute approximate surface area is 374 Å². The van der Waals surface area contributed by atoms with Gasteiger partial charge in [0.25, 0.3) is 0 Å². The molecule has 1 aliphatic heterocycles. The van der Waals surface area contributed by atoms with Crippen LogP contribution in [0.25, 0.3) is 125 Å². The number of para-hydroxylation sites is 3. The molecule has 65 heavy (non-hydrogen) atoms. The molecule has 0 radical (unpaired) electrons. The van der Waals surface area contributed by atoms with Gasteiger partial charge in [-0.3, -0.25) is 0 Å². The maximum atomic E-state index is 4.17. The number of benzene rings is 12. The van der Waals surface area contributed by atoms with Crippen molar-refractivity contribution in [2.75, 3.05) is 0 Å². The maximum absolute atomic E-state index is 4.17. The Morgan fingerprint density at radius 3 is 1.54 bits per heavy atom. The van der Waals surface area contributed by atoms with Gasteiger partial charge in [-0.2, -0.15) is 0 Å². The van der Waals surface area contributed by atoms with Crippen LogP contribution >= 0.6 is 0 Å². The zero-order chi connectivity index (χ0) is 42.3. The minimum atomic E-state index is -0.123. The molecule has 12 aromatic carbocycles. The van der Waals surface area contributed by atoms with Crippen LogP contribution in [0.5, 0.6) is 0 Å². The van der Waals surface area contributed by atoms with Crippen LogP contribution in [0, 0.1) is 0 Å². The molecule has 3 nitrogen and oxygen atoms in total. The fourth-order valence-electron chi connectivity index (χ4n) is 11.8. The van der Waals surface area contributed by atoms with E-state index >= 15 is 0 Å². The third-order valence-electron chi connectivity index (χ3n) is 14.6. The molecule has 0 fully saturated rings. The van der Waals surface area contributed by atoms with Crippen molar-refractivity contribution in [2.24, 2.45) is 0 Å². The molecular weight excluding hydrogens is 787 g/mol. The molecule has 0 aliphatic carbocycles. The topological polar surface area (TPSA) is 21.9 Å². The molecule has 1 aliphatic rings. The van der Waals surface area contributed by atoms with Crippen LogP contribution in [-0.2, 0) is 0 Å². The molecule has 3 heteroatoms. The van der Waals surface area contributed by atoms with Gasteiger partial charge in [-0.25, -0.2) is 0 Å². The number of nitrogens with one attached hydrogen (secondary N) is 1. The van der Waals surface area contributed by atoms with Gasteiger partial charge in [0.1, 0.15) is 0 Å². The van der Waals surface area contributed by atoms with Gasteiger partial charge < -0.3 is 14.5 Å². The average molecular weight is 826 g/mol. The molecule has 0 saturated heterocycles. The third kappa shape index (κ3) is 4.95. The summed E-state index contributed by atoms with van der Waals surface area (Å²) in [7, 11) is 0. The lowest BCUT2D eigenvalue weighted by molar-refractivity contribution is 0.776. The molecule has 2 aromatic heterocycles. The van der Waals surface area contributed by atoms with E-state index in [1.807, 2.05) is 0 Å². The minimum Gasteiger partial charge on any atom is -0.374 e. The first kappa shape index (κ1) is 35.1. The molecule has 1 N–H and O–H groups in total. The smallest absolute Gasteiger partial charge is 0.0718 e. The molecular formula is C62H39N3.